The third-order valence-corrected chi connectivity index (χ3v) is 6.05. The van der Waals surface area contributed by atoms with E-state index in [-0.39, 0.29) is 17.1 Å². The highest BCUT2D eigenvalue weighted by Crippen LogP contribution is 2.35. The van der Waals surface area contributed by atoms with Crippen LogP contribution < -0.4 is 16.0 Å². The molecule has 0 saturated carbocycles. The van der Waals surface area contributed by atoms with Gasteiger partial charge in [-0.15, -0.1) is 0 Å². The Morgan fingerprint density at radius 1 is 1.11 bits per heavy atom. The minimum Gasteiger partial charge on any atom is -0.396 e. The lowest BCUT2D eigenvalue weighted by atomic mass is 10.1. The third-order valence-electron chi connectivity index (χ3n) is 6.05. The molecule has 4 heterocycles. The highest BCUT2D eigenvalue weighted by atomic mass is 19.4. The van der Waals surface area contributed by atoms with Gasteiger partial charge in [-0.25, -0.2) is 15.0 Å². The maximum atomic E-state index is 13.2. The van der Waals surface area contributed by atoms with E-state index >= 15 is 0 Å². The van der Waals surface area contributed by atoms with Crippen molar-refractivity contribution in [3.8, 4) is 11.3 Å². The molecule has 0 radical (unpaired) electrons. The number of fused-ring (bicyclic) bond motifs is 1. The first-order valence-electron chi connectivity index (χ1n) is 11.2. The van der Waals surface area contributed by atoms with Crippen molar-refractivity contribution in [2.24, 2.45) is 0 Å². The number of hydrogen-bond acceptors (Lipinski definition) is 7. The number of rotatable bonds is 5. The first-order chi connectivity index (χ1) is 16.8. The maximum Gasteiger partial charge on any atom is 0.417 e. The van der Waals surface area contributed by atoms with Gasteiger partial charge in [-0.1, -0.05) is 12.1 Å². The molecule has 3 aromatic heterocycles. The zero-order valence-electron chi connectivity index (χ0n) is 18.9. The molecular weight excluding hydrogens is 459 g/mol. The Morgan fingerprint density at radius 3 is 2.57 bits per heavy atom. The summed E-state index contributed by atoms with van der Waals surface area (Å²) in [5, 5.41) is 3.53. The van der Waals surface area contributed by atoms with Gasteiger partial charge in [-0.2, -0.15) is 13.2 Å². The molecule has 4 N–H and O–H groups in total. The molecule has 182 valence electrons. The van der Waals surface area contributed by atoms with E-state index in [1.807, 2.05) is 19.1 Å². The average Bonchev–Trinajstić information content (AvgIpc) is 3.28. The summed E-state index contributed by atoms with van der Waals surface area (Å²) in [5.41, 5.74) is 8.74. The summed E-state index contributed by atoms with van der Waals surface area (Å²) in [6.07, 6.45) is -0.718. The van der Waals surface area contributed by atoms with E-state index in [0.717, 1.165) is 49.8 Å². The summed E-state index contributed by atoms with van der Waals surface area (Å²) < 4.78 is 45.1. The Bertz CT molecular complexity index is 1330. The van der Waals surface area contributed by atoms with E-state index in [4.69, 9.17) is 10.5 Å². The van der Waals surface area contributed by atoms with E-state index in [0.29, 0.717) is 22.9 Å². The third kappa shape index (κ3) is 4.72. The van der Waals surface area contributed by atoms with Crippen LogP contribution in [0.5, 0.6) is 0 Å². The number of benzene rings is 1. The van der Waals surface area contributed by atoms with Gasteiger partial charge in [-0.05, 0) is 30.7 Å². The molecule has 0 bridgehead atoms. The van der Waals surface area contributed by atoms with Gasteiger partial charge < -0.3 is 25.7 Å². The molecule has 8 nitrogen and oxygen atoms in total. The summed E-state index contributed by atoms with van der Waals surface area (Å²) in [4.78, 5) is 17.8. The van der Waals surface area contributed by atoms with E-state index < -0.39 is 11.7 Å². The number of morpholine rings is 1. The van der Waals surface area contributed by atoms with Crippen LogP contribution in [0.1, 0.15) is 24.1 Å². The number of nitrogens with two attached hydrogens (primary N) is 1. The number of alkyl halides is 3. The second-order valence-electron chi connectivity index (χ2n) is 8.37. The fourth-order valence-corrected chi connectivity index (χ4v) is 4.10. The number of aromatic nitrogens is 4. The van der Waals surface area contributed by atoms with Crippen molar-refractivity contribution in [1.82, 2.24) is 19.9 Å². The van der Waals surface area contributed by atoms with E-state index in [2.05, 4.69) is 42.3 Å². The van der Waals surface area contributed by atoms with Gasteiger partial charge in [0.25, 0.3) is 0 Å². The van der Waals surface area contributed by atoms with Crippen molar-refractivity contribution >= 4 is 28.4 Å². The van der Waals surface area contributed by atoms with Gasteiger partial charge in [0.05, 0.1) is 36.7 Å². The average molecular weight is 483 g/mol. The Kier molecular flexibility index (Phi) is 5.93. The van der Waals surface area contributed by atoms with Crippen molar-refractivity contribution in [3.63, 3.8) is 0 Å². The fraction of sp³-hybridized carbons (Fsp3) is 0.292. The van der Waals surface area contributed by atoms with Crippen molar-refractivity contribution in [1.29, 1.82) is 0 Å². The number of H-pyrrole nitrogens is 1. The predicted octanol–water partition coefficient (Wildman–Crippen LogP) is 4.63. The molecule has 1 aromatic carbocycles. The minimum absolute atomic E-state index is 0.119. The number of pyridine rings is 1. The second-order valence-corrected chi connectivity index (χ2v) is 8.37. The van der Waals surface area contributed by atoms with E-state index in [1.54, 1.807) is 6.20 Å². The zero-order chi connectivity index (χ0) is 24.6. The highest BCUT2D eigenvalue weighted by Gasteiger charge is 2.31. The van der Waals surface area contributed by atoms with Gasteiger partial charge in [0.15, 0.2) is 0 Å². The first-order valence-corrected chi connectivity index (χ1v) is 11.2. The minimum atomic E-state index is -4.51. The molecule has 0 aliphatic carbocycles. The van der Waals surface area contributed by atoms with E-state index in [1.165, 1.54) is 6.20 Å². The highest BCUT2D eigenvalue weighted by molar-refractivity contribution is 5.95. The molecule has 11 heteroatoms. The number of nitrogens with zero attached hydrogens (tertiary/aromatic N) is 4. The molecule has 0 amide bonds. The van der Waals surface area contributed by atoms with Gasteiger partial charge in [0.1, 0.15) is 11.3 Å². The van der Waals surface area contributed by atoms with Crippen molar-refractivity contribution in [2.75, 3.05) is 42.3 Å². The summed E-state index contributed by atoms with van der Waals surface area (Å²) >= 11 is 0. The summed E-state index contributed by atoms with van der Waals surface area (Å²) in [5.74, 6) is 0.313. The molecule has 0 spiro atoms. The molecular formula is C24H24F3N7O. The van der Waals surface area contributed by atoms with Crippen LogP contribution in [0.15, 0.2) is 48.9 Å². The normalized spacial score (nSPS) is 15.4. The standard InChI is InChI=1S/C24H24F3N7O/c1-14(15-2-4-17(5-3-15)34-6-8-35-9-7-34)32-23-31-13-20(28)21(33-23)19-12-30-22-18(19)10-16(11-29-22)24(25,26)27/h2-5,10-14H,6-9,28H2,1H3,(H,29,30)(H,31,32,33). The van der Waals surface area contributed by atoms with Crippen molar-refractivity contribution in [3.05, 3.63) is 60.0 Å². The van der Waals surface area contributed by atoms with Crippen LogP contribution in [0.25, 0.3) is 22.3 Å². The number of halogens is 3. The van der Waals surface area contributed by atoms with Crippen LogP contribution in [0, 0.1) is 0 Å². The lowest BCUT2D eigenvalue weighted by molar-refractivity contribution is -0.137. The quantitative estimate of drug-likeness (QED) is 0.380. The molecule has 35 heavy (non-hydrogen) atoms. The van der Waals surface area contributed by atoms with Crippen LogP contribution in [0.3, 0.4) is 0 Å². The lowest BCUT2D eigenvalue weighted by Gasteiger charge is -2.29. The van der Waals surface area contributed by atoms with Crippen LogP contribution in [0.2, 0.25) is 0 Å². The molecule has 1 unspecified atom stereocenters. The molecule has 1 aliphatic heterocycles. The number of aromatic amines is 1. The van der Waals surface area contributed by atoms with Crippen LogP contribution in [-0.4, -0.2) is 46.2 Å². The first kappa shape index (κ1) is 22.9. The number of nitrogens with one attached hydrogen (secondary N) is 2. The second kappa shape index (κ2) is 9.06. The van der Waals surface area contributed by atoms with Gasteiger partial charge in [-0.3, -0.25) is 0 Å². The fourth-order valence-electron chi connectivity index (χ4n) is 4.10. The summed E-state index contributed by atoms with van der Waals surface area (Å²) in [7, 11) is 0. The predicted molar refractivity (Wildman–Crippen MR) is 128 cm³/mol. The Labute approximate surface area is 199 Å². The van der Waals surface area contributed by atoms with Gasteiger partial charge >= 0.3 is 6.18 Å². The molecule has 5 rings (SSSR count). The summed E-state index contributed by atoms with van der Waals surface area (Å²) in [6, 6.07) is 9.17. The Morgan fingerprint density at radius 2 is 1.86 bits per heavy atom. The molecule has 1 fully saturated rings. The lowest BCUT2D eigenvalue weighted by Crippen LogP contribution is -2.36. The van der Waals surface area contributed by atoms with Crippen molar-refractivity contribution < 1.29 is 17.9 Å². The molecule has 4 aromatic rings. The smallest absolute Gasteiger partial charge is 0.396 e. The van der Waals surface area contributed by atoms with Crippen molar-refractivity contribution in [2.45, 2.75) is 19.1 Å². The number of nitrogen functional groups attached to an aromatic ring is 1. The van der Waals surface area contributed by atoms with Gasteiger partial charge in [0, 0.05) is 42.1 Å². The molecule has 1 atom stereocenters. The zero-order valence-corrected chi connectivity index (χ0v) is 18.9. The van der Waals surface area contributed by atoms with Crippen LogP contribution in [-0.2, 0) is 10.9 Å². The van der Waals surface area contributed by atoms with Crippen LogP contribution in [0.4, 0.5) is 30.5 Å². The molecule has 1 saturated heterocycles. The Balaban J connectivity index is 1.39. The van der Waals surface area contributed by atoms with E-state index in [9.17, 15) is 13.2 Å². The monoisotopic (exact) mass is 483 g/mol. The Hall–Kier alpha value is -3.86. The van der Waals surface area contributed by atoms with Crippen LogP contribution >= 0.6 is 0 Å². The maximum absolute atomic E-state index is 13.2. The number of ether oxygens (including phenoxy) is 1. The largest absolute Gasteiger partial charge is 0.417 e. The van der Waals surface area contributed by atoms with Gasteiger partial charge in [0.2, 0.25) is 5.95 Å². The summed E-state index contributed by atoms with van der Waals surface area (Å²) in [6.45, 7) is 5.15. The molecule has 1 aliphatic rings. The topological polar surface area (TPSA) is 105 Å². The number of hydrogen-bond donors (Lipinski definition) is 3. The SMILES string of the molecule is CC(Nc1ncc(N)c(-c2c[nH]c3ncc(C(F)(F)F)cc23)n1)c1ccc(N2CCOCC2)cc1. The number of anilines is 3.